The van der Waals surface area contributed by atoms with Crippen LogP contribution in [-0.2, 0) is 14.3 Å². The lowest BCUT2D eigenvalue weighted by Gasteiger charge is -2.45. The fourth-order valence-electron chi connectivity index (χ4n) is 5.06. The van der Waals surface area contributed by atoms with E-state index in [0.29, 0.717) is 12.0 Å². The standard InChI is InChI=1S/C20H34N2O3/c23-19(13-16-1-2-16)21-8-6-20-7-12-25-18(20)3-9-22(15-20)14-17-4-10-24-11-5-17/h16-18H,1-15H2,(H,21,23)/t18-,20+/m0/s1. The molecule has 142 valence electrons. The molecule has 0 unspecified atom stereocenters. The van der Waals surface area contributed by atoms with Gasteiger partial charge in [-0.2, -0.15) is 0 Å². The molecule has 3 saturated heterocycles. The second kappa shape index (κ2) is 7.93. The maximum atomic E-state index is 12.0. The Hall–Kier alpha value is -0.650. The first-order chi connectivity index (χ1) is 12.2. The molecular weight excluding hydrogens is 316 g/mol. The largest absolute Gasteiger partial charge is 0.381 e. The van der Waals surface area contributed by atoms with Crippen molar-refractivity contribution < 1.29 is 14.3 Å². The topological polar surface area (TPSA) is 50.8 Å². The van der Waals surface area contributed by atoms with E-state index in [4.69, 9.17) is 9.47 Å². The number of hydrogen-bond donors (Lipinski definition) is 1. The quantitative estimate of drug-likeness (QED) is 0.765. The SMILES string of the molecule is O=C(CC1CC1)NCC[C@]12CCO[C@H]1CCN(CC1CCOCC1)C2. The lowest BCUT2D eigenvalue weighted by atomic mass is 9.73. The van der Waals surface area contributed by atoms with Gasteiger partial charge in [-0.05, 0) is 56.8 Å². The molecule has 5 heteroatoms. The summed E-state index contributed by atoms with van der Waals surface area (Å²) in [4.78, 5) is 14.7. The van der Waals surface area contributed by atoms with E-state index in [1.165, 1.54) is 32.2 Å². The number of amides is 1. The number of likely N-dealkylation sites (tertiary alicyclic amines) is 1. The predicted octanol–water partition coefficient (Wildman–Crippen LogP) is 2.20. The number of nitrogens with zero attached hydrogens (tertiary/aromatic N) is 1. The van der Waals surface area contributed by atoms with Crippen LogP contribution >= 0.6 is 0 Å². The molecule has 1 amide bonds. The van der Waals surface area contributed by atoms with Gasteiger partial charge in [0.2, 0.25) is 5.91 Å². The molecule has 4 rings (SSSR count). The van der Waals surface area contributed by atoms with Crippen molar-refractivity contribution in [1.29, 1.82) is 0 Å². The van der Waals surface area contributed by atoms with E-state index in [-0.39, 0.29) is 11.3 Å². The van der Waals surface area contributed by atoms with Crippen molar-refractivity contribution in [2.24, 2.45) is 17.3 Å². The monoisotopic (exact) mass is 350 g/mol. The van der Waals surface area contributed by atoms with Gasteiger partial charge in [-0.25, -0.2) is 0 Å². The fraction of sp³-hybridized carbons (Fsp3) is 0.950. The van der Waals surface area contributed by atoms with Crippen LogP contribution in [0.1, 0.15) is 51.4 Å². The molecule has 4 aliphatic rings. The Kier molecular flexibility index (Phi) is 5.63. The minimum atomic E-state index is 0.254. The molecule has 0 aromatic rings. The Morgan fingerprint density at radius 2 is 1.92 bits per heavy atom. The zero-order valence-electron chi connectivity index (χ0n) is 15.5. The summed E-state index contributed by atoms with van der Waals surface area (Å²) in [6, 6.07) is 0. The van der Waals surface area contributed by atoms with E-state index in [1.54, 1.807) is 0 Å². The molecule has 0 aromatic heterocycles. The molecule has 4 fully saturated rings. The smallest absolute Gasteiger partial charge is 0.220 e. The highest BCUT2D eigenvalue weighted by Crippen LogP contribution is 2.43. The van der Waals surface area contributed by atoms with Crippen LogP contribution in [0.4, 0.5) is 0 Å². The van der Waals surface area contributed by atoms with E-state index in [0.717, 1.165) is 71.1 Å². The summed E-state index contributed by atoms with van der Waals surface area (Å²) in [5.41, 5.74) is 0.260. The van der Waals surface area contributed by atoms with Crippen LogP contribution in [0.5, 0.6) is 0 Å². The molecule has 2 atom stereocenters. The summed E-state index contributed by atoms with van der Waals surface area (Å²) < 4.78 is 11.6. The van der Waals surface area contributed by atoms with Crippen LogP contribution in [0.3, 0.4) is 0 Å². The van der Waals surface area contributed by atoms with Crippen molar-refractivity contribution in [3.63, 3.8) is 0 Å². The Bertz CT molecular complexity index is 462. The molecule has 1 saturated carbocycles. The maximum absolute atomic E-state index is 12.0. The van der Waals surface area contributed by atoms with Gasteiger partial charge in [-0.1, -0.05) is 0 Å². The van der Waals surface area contributed by atoms with Gasteiger partial charge < -0.3 is 19.7 Å². The Balaban J connectivity index is 1.28. The predicted molar refractivity (Wildman–Crippen MR) is 96.4 cm³/mol. The zero-order chi connectivity index (χ0) is 17.1. The molecule has 0 bridgehead atoms. The minimum Gasteiger partial charge on any atom is -0.381 e. The van der Waals surface area contributed by atoms with Gasteiger partial charge >= 0.3 is 0 Å². The first-order valence-corrected chi connectivity index (χ1v) is 10.4. The molecule has 3 heterocycles. The first-order valence-electron chi connectivity index (χ1n) is 10.4. The van der Waals surface area contributed by atoms with Crippen molar-refractivity contribution in [1.82, 2.24) is 10.2 Å². The average molecular weight is 351 g/mol. The minimum absolute atomic E-state index is 0.254. The van der Waals surface area contributed by atoms with E-state index in [2.05, 4.69) is 10.2 Å². The third kappa shape index (κ3) is 4.55. The molecule has 5 nitrogen and oxygen atoms in total. The highest BCUT2D eigenvalue weighted by molar-refractivity contribution is 5.76. The molecule has 1 N–H and O–H groups in total. The zero-order valence-corrected chi connectivity index (χ0v) is 15.5. The van der Waals surface area contributed by atoms with Crippen molar-refractivity contribution in [2.75, 3.05) is 46.0 Å². The van der Waals surface area contributed by atoms with Crippen molar-refractivity contribution in [3.05, 3.63) is 0 Å². The number of ether oxygens (including phenoxy) is 2. The lowest BCUT2D eigenvalue weighted by Crippen LogP contribution is -2.52. The molecular formula is C20H34N2O3. The number of hydrogen-bond acceptors (Lipinski definition) is 4. The van der Waals surface area contributed by atoms with Gasteiger partial charge in [0.05, 0.1) is 6.10 Å². The summed E-state index contributed by atoms with van der Waals surface area (Å²) >= 11 is 0. The summed E-state index contributed by atoms with van der Waals surface area (Å²) in [6.07, 6.45) is 9.42. The summed E-state index contributed by atoms with van der Waals surface area (Å²) in [6.45, 7) is 7.10. The Labute approximate surface area is 151 Å². The lowest BCUT2D eigenvalue weighted by molar-refractivity contribution is -0.121. The van der Waals surface area contributed by atoms with Gasteiger partial charge in [0, 0.05) is 57.8 Å². The average Bonchev–Trinajstić information content (AvgIpc) is 3.32. The number of piperidine rings is 1. The van der Waals surface area contributed by atoms with Crippen LogP contribution in [-0.4, -0.2) is 62.9 Å². The van der Waals surface area contributed by atoms with Gasteiger partial charge in [0.25, 0.3) is 0 Å². The maximum Gasteiger partial charge on any atom is 0.220 e. The van der Waals surface area contributed by atoms with Crippen LogP contribution in [0.15, 0.2) is 0 Å². The molecule has 25 heavy (non-hydrogen) atoms. The number of nitrogens with one attached hydrogen (secondary N) is 1. The van der Waals surface area contributed by atoms with Crippen molar-refractivity contribution >= 4 is 5.91 Å². The molecule has 0 radical (unpaired) electrons. The van der Waals surface area contributed by atoms with Crippen LogP contribution < -0.4 is 5.32 Å². The summed E-state index contributed by atoms with van der Waals surface area (Å²) in [5, 5.41) is 3.18. The summed E-state index contributed by atoms with van der Waals surface area (Å²) in [7, 11) is 0. The summed E-state index contributed by atoms with van der Waals surface area (Å²) in [5.74, 6) is 1.72. The van der Waals surface area contributed by atoms with Gasteiger partial charge in [0.15, 0.2) is 0 Å². The van der Waals surface area contributed by atoms with Crippen LogP contribution in [0, 0.1) is 17.3 Å². The van der Waals surface area contributed by atoms with Crippen molar-refractivity contribution in [2.45, 2.75) is 57.5 Å². The van der Waals surface area contributed by atoms with Gasteiger partial charge in [-0.3, -0.25) is 4.79 Å². The number of carbonyl (C=O) groups excluding carboxylic acids is 1. The normalized spacial score (nSPS) is 34.0. The number of carbonyl (C=O) groups is 1. The van der Waals surface area contributed by atoms with Gasteiger partial charge in [0.1, 0.15) is 0 Å². The molecule has 1 aliphatic carbocycles. The van der Waals surface area contributed by atoms with E-state index in [1.807, 2.05) is 0 Å². The third-order valence-electron chi connectivity index (χ3n) is 6.82. The second-order valence-electron chi connectivity index (χ2n) is 8.80. The highest BCUT2D eigenvalue weighted by atomic mass is 16.5. The highest BCUT2D eigenvalue weighted by Gasteiger charge is 2.47. The Morgan fingerprint density at radius 1 is 1.08 bits per heavy atom. The molecule has 0 aromatic carbocycles. The van der Waals surface area contributed by atoms with Gasteiger partial charge in [-0.15, -0.1) is 0 Å². The third-order valence-corrected chi connectivity index (χ3v) is 6.82. The number of rotatable bonds is 7. The molecule has 3 aliphatic heterocycles. The second-order valence-corrected chi connectivity index (χ2v) is 8.80. The van der Waals surface area contributed by atoms with Crippen molar-refractivity contribution in [3.8, 4) is 0 Å². The van der Waals surface area contributed by atoms with E-state index >= 15 is 0 Å². The van der Waals surface area contributed by atoms with E-state index < -0.39 is 0 Å². The number of fused-ring (bicyclic) bond motifs is 1. The van der Waals surface area contributed by atoms with Crippen LogP contribution in [0.25, 0.3) is 0 Å². The molecule has 0 spiro atoms. The van der Waals surface area contributed by atoms with E-state index in [9.17, 15) is 4.79 Å². The Morgan fingerprint density at radius 3 is 2.72 bits per heavy atom. The fourth-order valence-corrected chi connectivity index (χ4v) is 5.06. The van der Waals surface area contributed by atoms with Crippen LogP contribution in [0.2, 0.25) is 0 Å². The first kappa shape index (κ1) is 17.7.